The van der Waals surface area contributed by atoms with Crippen LogP contribution in [0, 0.1) is 0 Å². The lowest BCUT2D eigenvalue weighted by Gasteiger charge is -2.20. The quantitative estimate of drug-likeness (QED) is 0.413. The number of nitrogens with one attached hydrogen (secondary N) is 1. The van der Waals surface area contributed by atoms with E-state index in [0.29, 0.717) is 36.8 Å². The normalized spacial score (nSPS) is 10.6. The van der Waals surface area contributed by atoms with Crippen molar-refractivity contribution in [3.63, 3.8) is 0 Å². The first-order valence-corrected chi connectivity index (χ1v) is 11.0. The summed E-state index contributed by atoms with van der Waals surface area (Å²) in [4.78, 5) is 31.4. The zero-order chi connectivity index (χ0) is 23.6. The summed E-state index contributed by atoms with van der Waals surface area (Å²) in [5.74, 6) is 0.991. The maximum Gasteiger partial charge on any atom is 0.257 e. The van der Waals surface area contributed by atoms with E-state index in [1.165, 1.54) is 0 Å². The molecule has 1 aromatic heterocycles. The molecule has 3 rings (SSSR count). The maximum absolute atomic E-state index is 12.9. The van der Waals surface area contributed by atoms with E-state index in [1.807, 2.05) is 28.8 Å². The number of carbonyl (C=O) groups is 2. The zero-order valence-electron chi connectivity index (χ0n) is 18.4. The number of hydrogen-bond acceptors (Lipinski definition) is 4. The highest BCUT2D eigenvalue weighted by atomic mass is 35.5. The van der Waals surface area contributed by atoms with Crippen LogP contribution in [0.25, 0.3) is 11.0 Å². The number of aromatic nitrogens is 2. The number of benzene rings is 2. The van der Waals surface area contributed by atoms with Crippen molar-refractivity contribution in [3.05, 3.63) is 84.7 Å². The Kier molecular flexibility index (Phi) is 8.66. The van der Waals surface area contributed by atoms with Gasteiger partial charge in [0.15, 0.2) is 6.61 Å². The predicted molar refractivity (Wildman–Crippen MR) is 130 cm³/mol. The van der Waals surface area contributed by atoms with E-state index in [4.69, 9.17) is 16.3 Å². The van der Waals surface area contributed by atoms with Gasteiger partial charge in [0, 0.05) is 31.1 Å². The highest BCUT2D eigenvalue weighted by Gasteiger charge is 2.17. The molecular weight excluding hydrogens is 440 g/mol. The zero-order valence-corrected chi connectivity index (χ0v) is 19.1. The third-order valence-corrected chi connectivity index (χ3v) is 5.18. The Balaban J connectivity index is 1.63. The van der Waals surface area contributed by atoms with Crippen molar-refractivity contribution in [1.29, 1.82) is 0 Å². The highest BCUT2D eigenvalue weighted by Crippen LogP contribution is 2.17. The summed E-state index contributed by atoms with van der Waals surface area (Å²) < 4.78 is 7.36. The van der Waals surface area contributed by atoms with E-state index in [1.54, 1.807) is 41.3 Å². The van der Waals surface area contributed by atoms with Crippen LogP contribution in [0.5, 0.6) is 5.75 Å². The van der Waals surface area contributed by atoms with Gasteiger partial charge >= 0.3 is 0 Å². The van der Waals surface area contributed by atoms with Crippen LogP contribution in [-0.2, 0) is 22.6 Å². The van der Waals surface area contributed by atoms with Crippen LogP contribution in [-0.4, -0.2) is 52.5 Å². The molecule has 0 bridgehead atoms. The van der Waals surface area contributed by atoms with E-state index in [9.17, 15) is 9.59 Å². The Morgan fingerprint density at radius 1 is 1.09 bits per heavy atom. The van der Waals surface area contributed by atoms with E-state index in [2.05, 4.69) is 23.5 Å². The van der Waals surface area contributed by atoms with Gasteiger partial charge in [0.25, 0.3) is 5.91 Å². The third-order valence-electron chi connectivity index (χ3n) is 4.93. The Morgan fingerprint density at radius 3 is 2.48 bits per heavy atom. The fourth-order valence-corrected chi connectivity index (χ4v) is 3.49. The topological polar surface area (TPSA) is 76.5 Å². The van der Waals surface area contributed by atoms with Crippen LogP contribution >= 0.6 is 11.6 Å². The molecule has 0 aliphatic heterocycles. The van der Waals surface area contributed by atoms with Crippen molar-refractivity contribution >= 4 is 34.4 Å². The molecule has 1 heterocycles. The van der Waals surface area contributed by atoms with Gasteiger partial charge in [-0.05, 0) is 36.4 Å². The molecule has 0 aliphatic rings. The molecule has 0 saturated heterocycles. The number of imidazole rings is 1. The molecule has 0 radical (unpaired) electrons. The number of halogens is 1. The summed E-state index contributed by atoms with van der Waals surface area (Å²) in [6.45, 7) is 8.73. The Bertz CT molecular complexity index is 1110. The number of nitrogens with zero attached hydrogens (tertiary/aromatic N) is 3. The number of fused-ring (bicyclic) bond motifs is 1. The van der Waals surface area contributed by atoms with Gasteiger partial charge in [-0.15, -0.1) is 13.2 Å². The molecule has 0 fully saturated rings. The fraction of sp³-hybridized carbons (Fsp3) is 0.240. The summed E-state index contributed by atoms with van der Waals surface area (Å²) in [6.07, 6.45) is 3.85. The number of amides is 2. The minimum Gasteiger partial charge on any atom is -0.484 e. The minimum absolute atomic E-state index is 0.0559. The van der Waals surface area contributed by atoms with Gasteiger partial charge < -0.3 is 19.5 Å². The van der Waals surface area contributed by atoms with Crippen LogP contribution in [0.15, 0.2) is 73.8 Å². The van der Waals surface area contributed by atoms with Crippen LogP contribution in [0.4, 0.5) is 0 Å². The standard InChI is InChI=1S/C25H27ClN4O3/c1-3-15-29(16-4-2)25(32)17-30-22-8-6-5-7-21(22)28-23(30)13-14-27-24(31)18-33-20-11-9-19(26)10-12-20/h3-12H,1-2,13-18H2,(H,27,31). The van der Waals surface area contributed by atoms with Crippen molar-refractivity contribution < 1.29 is 14.3 Å². The van der Waals surface area contributed by atoms with Crippen LogP contribution in [0.2, 0.25) is 5.02 Å². The molecule has 2 aromatic carbocycles. The average molecular weight is 467 g/mol. The molecule has 0 saturated carbocycles. The highest BCUT2D eigenvalue weighted by molar-refractivity contribution is 6.30. The number of para-hydroxylation sites is 2. The second-order valence-electron chi connectivity index (χ2n) is 7.32. The number of ether oxygens (including phenoxy) is 1. The van der Waals surface area contributed by atoms with E-state index in [-0.39, 0.29) is 25.0 Å². The summed E-state index contributed by atoms with van der Waals surface area (Å²) in [7, 11) is 0. The van der Waals surface area contributed by atoms with Gasteiger partial charge in [-0.1, -0.05) is 35.9 Å². The summed E-state index contributed by atoms with van der Waals surface area (Å²) >= 11 is 5.85. The van der Waals surface area contributed by atoms with E-state index >= 15 is 0 Å². The maximum atomic E-state index is 12.9. The van der Waals surface area contributed by atoms with Gasteiger partial charge in [-0.3, -0.25) is 9.59 Å². The van der Waals surface area contributed by atoms with Crippen LogP contribution in [0.1, 0.15) is 5.82 Å². The van der Waals surface area contributed by atoms with E-state index < -0.39 is 0 Å². The number of hydrogen-bond donors (Lipinski definition) is 1. The first-order chi connectivity index (χ1) is 16.0. The lowest BCUT2D eigenvalue weighted by molar-refractivity contribution is -0.130. The van der Waals surface area contributed by atoms with E-state index in [0.717, 1.165) is 16.9 Å². The van der Waals surface area contributed by atoms with Gasteiger partial charge in [-0.25, -0.2) is 4.98 Å². The molecule has 7 nitrogen and oxygen atoms in total. The summed E-state index contributed by atoms with van der Waals surface area (Å²) in [5.41, 5.74) is 1.67. The molecule has 172 valence electrons. The average Bonchev–Trinajstić information content (AvgIpc) is 3.15. The number of carbonyl (C=O) groups excluding carboxylic acids is 2. The minimum atomic E-state index is -0.244. The van der Waals surface area contributed by atoms with Gasteiger partial charge in [0.2, 0.25) is 5.91 Å². The molecule has 0 spiro atoms. The molecule has 3 aromatic rings. The largest absolute Gasteiger partial charge is 0.484 e. The van der Waals surface area contributed by atoms with Crippen molar-refractivity contribution in [1.82, 2.24) is 19.8 Å². The Hall–Kier alpha value is -3.58. The molecule has 0 atom stereocenters. The fourth-order valence-electron chi connectivity index (χ4n) is 3.36. The molecule has 33 heavy (non-hydrogen) atoms. The smallest absolute Gasteiger partial charge is 0.257 e. The van der Waals surface area contributed by atoms with Crippen molar-refractivity contribution in [2.24, 2.45) is 0 Å². The van der Waals surface area contributed by atoms with Gasteiger partial charge in [-0.2, -0.15) is 0 Å². The van der Waals surface area contributed by atoms with Gasteiger partial charge in [0.1, 0.15) is 18.1 Å². The molecule has 0 unspecified atom stereocenters. The van der Waals surface area contributed by atoms with Crippen LogP contribution < -0.4 is 10.1 Å². The Morgan fingerprint density at radius 2 is 1.79 bits per heavy atom. The number of rotatable bonds is 12. The lowest BCUT2D eigenvalue weighted by Crippen LogP contribution is -2.35. The molecule has 8 heteroatoms. The lowest BCUT2D eigenvalue weighted by atomic mass is 10.3. The SMILES string of the molecule is C=CCN(CC=C)C(=O)Cn1c(CCNC(=O)COc2ccc(Cl)cc2)nc2ccccc21. The third kappa shape index (κ3) is 6.70. The molecule has 0 aliphatic carbocycles. The monoisotopic (exact) mass is 466 g/mol. The summed E-state index contributed by atoms with van der Waals surface area (Å²) in [5, 5.41) is 3.44. The van der Waals surface area contributed by atoms with Crippen molar-refractivity contribution in [2.75, 3.05) is 26.2 Å². The van der Waals surface area contributed by atoms with Crippen molar-refractivity contribution in [3.8, 4) is 5.75 Å². The van der Waals surface area contributed by atoms with Crippen LogP contribution in [0.3, 0.4) is 0 Å². The second-order valence-corrected chi connectivity index (χ2v) is 7.76. The first-order valence-electron chi connectivity index (χ1n) is 10.6. The first kappa shape index (κ1) is 24.1. The second kappa shape index (κ2) is 11.9. The Labute approximate surface area is 198 Å². The van der Waals surface area contributed by atoms with Gasteiger partial charge in [0.05, 0.1) is 11.0 Å². The van der Waals surface area contributed by atoms with Crippen molar-refractivity contribution in [2.45, 2.75) is 13.0 Å². The molecule has 2 amide bonds. The predicted octanol–water partition coefficient (Wildman–Crippen LogP) is 3.63. The molecule has 1 N–H and O–H groups in total. The summed E-state index contributed by atoms with van der Waals surface area (Å²) in [6, 6.07) is 14.5. The molecular formula is C25H27ClN4O3.